The molecular formula is C17H22N6O. The van der Waals surface area contributed by atoms with Crippen LogP contribution < -0.4 is 34.0 Å². The predicted octanol–water partition coefficient (Wildman–Crippen LogP) is 1.93. The van der Waals surface area contributed by atoms with Gasteiger partial charge in [-0.15, -0.1) is 0 Å². The summed E-state index contributed by atoms with van der Waals surface area (Å²) in [5.74, 6) is -0.298. The highest BCUT2D eigenvalue weighted by Crippen LogP contribution is 2.30. The van der Waals surface area contributed by atoms with Gasteiger partial charge in [-0.2, -0.15) is 0 Å². The Hall–Kier alpha value is -3.35. The number of rotatable bonds is 5. The van der Waals surface area contributed by atoms with E-state index in [1.165, 1.54) is 6.08 Å². The van der Waals surface area contributed by atoms with Crippen LogP contribution in [0.4, 0.5) is 34.1 Å². The third-order valence-corrected chi connectivity index (χ3v) is 3.69. The quantitative estimate of drug-likeness (QED) is 0.278. The van der Waals surface area contributed by atoms with Gasteiger partial charge < -0.3 is 34.0 Å². The van der Waals surface area contributed by atoms with E-state index >= 15 is 0 Å². The Morgan fingerprint density at radius 3 is 2.33 bits per heavy atom. The molecule has 0 amide bonds. The summed E-state index contributed by atoms with van der Waals surface area (Å²) in [6.45, 7) is 2.69. The first-order valence-corrected chi connectivity index (χ1v) is 7.44. The molecular weight excluding hydrogens is 304 g/mol. The maximum Gasteiger partial charge on any atom is 0.188 e. The molecule has 0 spiro atoms. The molecule has 11 N–H and O–H groups in total. The molecule has 0 aliphatic rings. The van der Waals surface area contributed by atoms with Gasteiger partial charge in [0.25, 0.3) is 0 Å². The Morgan fingerprint density at radius 1 is 0.958 bits per heavy atom. The molecule has 2 rings (SSSR count). The normalized spacial score (nSPS) is 10.9. The van der Waals surface area contributed by atoms with Crippen LogP contribution in [0.15, 0.2) is 30.3 Å². The van der Waals surface area contributed by atoms with Crippen molar-refractivity contribution >= 4 is 46.0 Å². The summed E-state index contributed by atoms with van der Waals surface area (Å²) < 4.78 is 0. The van der Waals surface area contributed by atoms with E-state index in [1.807, 2.05) is 13.0 Å². The maximum atomic E-state index is 12.3. The lowest BCUT2D eigenvalue weighted by Gasteiger charge is -2.11. The summed E-state index contributed by atoms with van der Waals surface area (Å²) in [5.41, 5.74) is 32.5. The van der Waals surface area contributed by atoms with Crippen LogP contribution in [0.25, 0.3) is 6.08 Å². The first kappa shape index (κ1) is 17.0. The van der Waals surface area contributed by atoms with Crippen LogP contribution in [-0.2, 0) is 0 Å². The number of anilines is 6. The van der Waals surface area contributed by atoms with Crippen molar-refractivity contribution in [1.82, 2.24) is 0 Å². The fraction of sp³-hybridized carbons (Fsp3) is 0.118. The van der Waals surface area contributed by atoms with E-state index in [0.717, 1.165) is 12.2 Å². The second-order valence-electron chi connectivity index (χ2n) is 5.29. The minimum Gasteiger partial charge on any atom is -0.397 e. The van der Waals surface area contributed by atoms with Crippen molar-refractivity contribution in [3.05, 3.63) is 41.5 Å². The Labute approximate surface area is 140 Å². The number of nitrogens with one attached hydrogen (secondary N) is 1. The molecule has 0 bridgehead atoms. The molecule has 0 fully saturated rings. The van der Waals surface area contributed by atoms with Gasteiger partial charge in [-0.3, -0.25) is 4.79 Å². The topological polar surface area (TPSA) is 159 Å². The third-order valence-electron chi connectivity index (χ3n) is 3.69. The average molecular weight is 326 g/mol. The van der Waals surface area contributed by atoms with Crippen molar-refractivity contribution in [1.29, 1.82) is 0 Å². The minimum absolute atomic E-state index is 0.166. The molecule has 0 radical (unpaired) electrons. The fourth-order valence-corrected chi connectivity index (χ4v) is 2.27. The monoisotopic (exact) mass is 326 g/mol. The Kier molecular flexibility index (Phi) is 4.84. The lowest BCUT2D eigenvalue weighted by Crippen LogP contribution is -2.07. The standard InChI is InChI=1S/C17H22N6O/c1-2-23-12-7-3-9(14(19)17(12)22)4-8-13(24)10-5-6-11(18)16(21)15(10)20/h3-8,23H,2,18-22H2,1H3/b8-4+. The SMILES string of the molecule is CCNc1ccc(/C=C/C(=O)c2ccc(N)c(N)c2N)c(N)c1N. The van der Waals surface area contributed by atoms with Gasteiger partial charge in [0.15, 0.2) is 5.78 Å². The molecule has 0 aromatic heterocycles. The number of nitrogens with two attached hydrogens (primary N) is 5. The van der Waals surface area contributed by atoms with Crippen LogP contribution in [0.5, 0.6) is 0 Å². The summed E-state index contributed by atoms with van der Waals surface area (Å²) >= 11 is 0. The van der Waals surface area contributed by atoms with Crippen molar-refractivity contribution in [2.45, 2.75) is 6.92 Å². The Bertz CT molecular complexity index is 813. The number of carbonyl (C=O) groups excluding carboxylic acids is 1. The van der Waals surface area contributed by atoms with Crippen LogP contribution in [0.2, 0.25) is 0 Å². The molecule has 0 aliphatic heterocycles. The molecule has 0 unspecified atom stereocenters. The average Bonchev–Trinajstić information content (AvgIpc) is 2.56. The molecule has 7 nitrogen and oxygen atoms in total. The summed E-state index contributed by atoms with van der Waals surface area (Å²) in [7, 11) is 0. The van der Waals surface area contributed by atoms with E-state index in [4.69, 9.17) is 28.7 Å². The summed E-state index contributed by atoms with van der Waals surface area (Å²) in [6.07, 6.45) is 2.97. The van der Waals surface area contributed by atoms with E-state index in [9.17, 15) is 4.79 Å². The number of hydrogen-bond acceptors (Lipinski definition) is 7. The summed E-state index contributed by atoms with van der Waals surface area (Å²) in [4.78, 5) is 12.3. The largest absolute Gasteiger partial charge is 0.397 e. The molecule has 0 saturated heterocycles. The van der Waals surface area contributed by atoms with E-state index in [2.05, 4.69) is 5.32 Å². The molecule has 0 saturated carbocycles. The number of nitrogen functional groups attached to an aromatic ring is 5. The van der Waals surface area contributed by atoms with Gasteiger partial charge in [0, 0.05) is 12.1 Å². The lowest BCUT2D eigenvalue weighted by atomic mass is 10.0. The number of ketones is 1. The van der Waals surface area contributed by atoms with Crippen LogP contribution >= 0.6 is 0 Å². The van der Waals surface area contributed by atoms with Crippen LogP contribution in [0, 0.1) is 0 Å². The molecule has 7 heteroatoms. The predicted molar refractivity (Wildman–Crippen MR) is 102 cm³/mol. The fourth-order valence-electron chi connectivity index (χ4n) is 2.27. The summed E-state index contributed by atoms with van der Waals surface area (Å²) in [6, 6.07) is 6.69. The summed E-state index contributed by atoms with van der Waals surface area (Å²) in [5, 5.41) is 3.12. The maximum absolute atomic E-state index is 12.3. The van der Waals surface area contributed by atoms with Gasteiger partial charge >= 0.3 is 0 Å². The van der Waals surface area contributed by atoms with Gasteiger partial charge in [0.2, 0.25) is 0 Å². The highest BCUT2D eigenvalue weighted by Gasteiger charge is 2.12. The smallest absolute Gasteiger partial charge is 0.188 e. The molecule has 0 atom stereocenters. The third kappa shape index (κ3) is 3.19. The number of allylic oxidation sites excluding steroid dienone is 1. The van der Waals surface area contributed by atoms with Gasteiger partial charge in [0.1, 0.15) is 0 Å². The highest BCUT2D eigenvalue weighted by molar-refractivity contribution is 6.12. The second-order valence-corrected chi connectivity index (χ2v) is 5.29. The lowest BCUT2D eigenvalue weighted by molar-refractivity contribution is 0.104. The van der Waals surface area contributed by atoms with Gasteiger partial charge in [-0.25, -0.2) is 0 Å². The van der Waals surface area contributed by atoms with Gasteiger partial charge in [0.05, 0.1) is 34.1 Å². The molecule has 126 valence electrons. The number of carbonyl (C=O) groups is 1. The zero-order valence-electron chi connectivity index (χ0n) is 13.5. The van der Waals surface area contributed by atoms with Crippen molar-refractivity contribution in [2.75, 3.05) is 40.5 Å². The Morgan fingerprint density at radius 2 is 1.67 bits per heavy atom. The first-order valence-electron chi connectivity index (χ1n) is 7.44. The van der Waals surface area contributed by atoms with E-state index in [1.54, 1.807) is 24.3 Å². The van der Waals surface area contributed by atoms with Gasteiger partial charge in [-0.1, -0.05) is 6.07 Å². The molecule has 2 aromatic rings. The Balaban J connectivity index is 2.30. The van der Waals surface area contributed by atoms with E-state index in [0.29, 0.717) is 22.6 Å². The van der Waals surface area contributed by atoms with E-state index in [-0.39, 0.29) is 22.7 Å². The van der Waals surface area contributed by atoms with Crippen LogP contribution in [0.1, 0.15) is 22.8 Å². The molecule has 2 aromatic carbocycles. The molecule has 0 heterocycles. The van der Waals surface area contributed by atoms with Crippen molar-refractivity contribution < 1.29 is 4.79 Å². The van der Waals surface area contributed by atoms with Crippen LogP contribution in [0.3, 0.4) is 0 Å². The highest BCUT2D eigenvalue weighted by atomic mass is 16.1. The number of hydrogen-bond donors (Lipinski definition) is 6. The van der Waals surface area contributed by atoms with Crippen molar-refractivity contribution in [3.63, 3.8) is 0 Å². The minimum atomic E-state index is -0.298. The van der Waals surface area contributed by atoms with Gasteiger partial charge in [-0.05, 0) is 42.8 Å². The zero-order chi connectivity index (χ0) is 17.9. The van der Waals surface area contributed by atoms with Crippen molar-refractivity contribution in [3.8, 4) is 0 Å². The molecule has 24 heavy (non-hydrogen) atoms. The van der Waals surface area contributed by atoms with Crippen molar-refractivity contribution in [2.24, 2.45) is 0 Å². The molecule has 0 aliphatic carbocycles. The van der Waals surface area contributed by atoms with E-state index < -0.39 is 0 Å². The first-order chi connectivity index (χ1) is 11.4. The number of benzene rings is 2. The zero-order valence-corrected chi connectivity index (χ0v) is 13.5. The second kappa shape index (κ2) is 6.82. The van der Waals surface area contributed by atoms with Crippen LogP contribution in [-0.4, -0.2) is 12.3 Å².